The predicted molar refractivity (Wildman–Crippen MR) is 80.8 cm³/mol. The van der Waals surface area contributed by atoms with Crippen LogP contribution in [0.4, 0.5) is 0 Å². The predicted octanol–water partition coefficient (Wildman–Crippen LogP) is 3.79. The van der Waals surface area contributed by atoms with Crippen LogP contribution in [0.2, 0.25) is 0 Å². The fourth-order valence-corrected chi connectivity index (χ4v) is 1.78. The van der Waals surface area contributed by atoms with Crippen LogP contribution in [0.1, 0.15) is 12.5 Å². The van der Waals surface area contributed by atoms with Gasteiger partial charge in [0.2, 0.25) is 0 Å². The van der Waals surface area contributed by atoms with Crippen LogP contribution in [0, 0.1) is 0 Å². The smallest absolute Gasteiger partial charge is 0.186 e. The number of methoxy groups -OCH3 is 1. The van der Waals surface area contributed by atoms with Crippen molar-refractivity contribution in [2.45, 2.75) is 6.92 Å². The van der Waals surface area contributed by atoms with E-state index in [0.717, 1.165) is 10.9 Å². The van der Waals surface area contributed by atoms with Crippen molar-refractivity contribution in [3.8, 4) is 0 Å². The van der Waals surface area contributed by atoms with Crippen LogP contribution in [0.5, 0.6) is 0 Å². The third-order valence-electron chi connectivity index (χ3n) is 2.78. The zero-order chi connectivity index (χ0) is 13.7. The molecule has 0 atom stereocenters. The lowest BCUT2D eigenvalue weighted by molar-refractivity contribution is 0.401. The zero-order valence-electron chi connectivity index (χ0n) is 11.1. The number of nitrogens with zero attached hydrogens (tertiary/aromatic N) is 2. The van der Waals surface area contributed by atoms with Crippen LogP contribution in [0.15, 0.2) is 65.2 Å². The molecule has 0 saturated heterocycles. The summed E-state index contributed by atoms with van der Waals surface area (Å²) in [5.74, 6) is 1.16. The van der Waals surface area contributed by atoms with Crippen molar-refractivity contribution in [2.24, 2.45) is 9.98 Å². The van der Waals surface area contributed by atoms with E-state index in [1.54, 1.807) is 14.0 Å². The third kappa shape index (κ3) is 3.07. The maximum Gasteiger partial charge on any atom is 0.186 e. The second kappa shape index (κ2) is 5.96. The minimum atomic E-state index is 0.564. The van der Waals surface area contributed by atoms with Crippen LogP contribution in [0.25, 0.3) is 10.8 Å². The Morgan fingerprint density at radius 2 is 1.89 bits per heavy atom. The maximum atomic E-state index is 5.07. The van der Waals surface area contributed by atoms with E-state index in [4.69, 9.17) is 4.74 Å². The zero-order valence-corrected chi connectivity index (χ0v) is 11.1. The SMILES string of the molecule is C=CN=C(N=C(C)OC)c1ccc2ccccc2c1. The van der Waals surface area contributed by atoms with Crippen LogP contribution in [-0.2, 0) is 4.74 Å². The number of amidine groups is 1. The lowest BCUT2D eigenvalue weighted by Gasteiger charge is -2.04. The topological polar surface area (TPSA) is 34.0 Å². The Hall–Kier alpha value is -2.42. The van der Waals surface area contributed by atoms with Gasteiger partial charge in [0.25, 0.3) is 0 Å². The highest BCUT2D eigenvalue weighted by atomic mass is 16.5. The monoisotopic (exact) mass is 252 g/mol. The van der Waals surface area contributed by atoms with Gasteiger partial charge >= 0.3 is 0 Å². The molecule has 19 heavy (non-hydrogen) atoms. The Kier molecular flexibility index (Phi) is 4.08. The number of benzene rings is 2. The van der Waals surface area contributed by atoms with Crippen molar-refractivity contribution >= 4 is 22.5 Å². The number of aliphatic imine (C=N–C) groups is 2. The summed E-state index contributed by atoms with van der Waals surface area (Å²) in [5, 5.41) is 2.35. The highest BCUT2D eigenvalue weighted by Gasteiger charge is 2.04. The molecule has 2 aromatic rings. The molecule has 0 saturated carbocycles. The molecule has 0 spiro atoms. The van der Waals surface area contributed by atoms with Crippen molar-refractivity contribution in [3.63, 3.8) is 0 Å². The van der Waals surface area contributed by atoms with Gasteiger partial charge in [-0.2, -0.15) is 4.99 Å². The number of rotatable bonds is 2. The largest absolute Gasteiger partial charge is 0.484 e. The van der Waals surface area contributed by atoms with Gasteiger partial charge in [-0.3, -0.25) is 0 Å². The van der Waals surface area contributed by atoms with Gasteiger partial charge in [0.1, 0.15) is 0 Å². The van der Waals surface area contributed by atoms with Gasteiger partial charge < -0.3 is 4.74 Å². The van der Waals surface area contributed by atoms with Crippen LogP contribution in [0.3, 0.4) is 0 Å². The first-order chi connectivity index (χ1) is 9.24. The number of ether oxygens (including phenoxy) is 1. The quantitative estimate of drug-likeness (QED) is 0.591. The van der Waals surface area contributed by atoms with Crippen molar-refractivity contribution < 1.29 is 4.74 Å². The molecule has 0 N–H and O–H groups in total. The van der Waals surface area contributed by atoms with E-state index in [2.05, 4.69) is 40.8 Å². The van der Waals surface area contributed by atoms with E-state index in [1.807, 2.05) is 18.2 Å². The van der Waals surface area contributed by atoms with Crippen molar-refractivity contribution in [2.75, 3.05) is 7.11 Å². The second-order valence-corrected chi connectivity index (χ2v) is 4.03. The fourth-order valence-electron chi connectivity index (χ4n) is 1.78. The highest BCUT2D eigenvalue weighted by molar-refractivity contribution is 6.07. The van der Waals surface area contributed by atoms with E-state index >= 15 is 0 Å². The molecule has 0 amide bonds. The number of hydrogen-bond acceptors (Lipinski definition) is 2. The normalized spacial score (nSPS) is 12.5. The van der Waals surface area contributed by atoms with E-state index in [9.17, 15) is 0 Å². The minimum Gasteiger partial charge on any atom is -0.484 e. The summed E-state index contributed by atoms with van der Waals surface area (Å²) in [6.45, 7) is 5.42. The lowest BCUT2D eigenvalue weighted by atomic mass is 10.1. The summed E-state index contributed by atoms with van der Waals surface area (Å²) in [6, 6.07) is 14.3. The van der Waals surface area contributed by atoms with E-state index in [-0.39, 0.29) is 0 Å². The van der Waals surface area contributed by atoms with Crippen molar-refractivity contribution in [1.82, 2.24) is 0 Å². The van der Waals surface area contributed by atoms with Gasteiger partial charge in [0.15, 0.2) is 11.7 Å². The molecule has 0 unspecified atom stereocenters. The Bertz CT molecular complexity index is 657. The molecule has 0 aliphatic heterocycles. The first kappa shape index (κ1) is 13.0. The molecule has 0 fully saturated rings. The van der Waals surface area contributed by atoms with Gasteiger partial charge in [-0.25, -0.2) is 4.99 Å². The van der Waals surface area contributed by atoms with Gasteiger partial charge in [-0.05, 0) is 16.8 Å². The third-order valence-corrected chi connectivity index (χ3v) is 2.78. The molecule has 2 aromatic carbocycles. The standard InChI is InChI=1S/C16H16N2O/c1-4-17-16(18-12(2)19-3)15-10-9-13-7-5-6-8-14(13)11-15/h4-11H,1H2,2-3H3. The summed E-state index contributed by atoms with van der Waals surface area (Å²) in [7, 11) is 1.59. The van der Waals surface area contributed by atoms with Crippen molar-refractivity contribution in [3.05, 3.63) is 60.8 Å². The van der Waals surface area contributed by atoms with E-state index in [1.165, 1.54) is 11.6 Å². The molecular formula is C16H16N2O. The molecule has 0 aliphatic rings. The van der Waals surface area contributed by atoms with Gasteiger partial charge in [0, 0.05) is 18.7 Å². The molecule has 0 bridgehead atoms. The molecule has 0 aromatic heterocycles. The molecule has 0 aliphatic carbocycles. The van der Waals surface area contributed by atoms with Crippen molar-refractivity contribution in [1.29, 1.82) is 0 Å². The molecule has 3 heteroatoms. The fraction of sp³-hybridized carbons (Fsp3) is 0.125. The second-order valence-electron chi connectivity index (χ2n) is 4.03. The summed E-state index contributed by atoms with van der Waals surface area (Å²) in [4.78, 5) is 8.54. The van der Waals surface area contributed by atoms with E-state index in [0.29, 0.717) is 11.7 Å². The summed E-state index contributed by atoms with van der Waals surface area (Å²) < 4.78 is 5.07. The van der Waals surface area contributed by atoms with Gasteiger partial charge in [-0.15, -0.1) is 0 Å². The van der Waals surface area contributed by atoms with Crippen LogP contribution < -0.4 is 0 Å². The first-order valence-corrected chi connectivity index (χ1v) is 6.02. The summed E-state index contributed by atoms with van der Waals surface area (Å²) >= 11 is 0. The Morgan fingerprint density at radius 1 is 1.16 bits per heavy atom. The maximum absolute atomic E-state index is 5.07. The van der Waals surface area contributed by atoms with Crippen LogP contribution in [-0.4, -0.2) is 18.8 Å². The van der Waals surface area contributed by atoms with Gasteiger partial charge in [0.05, 0.1) is 7.11 Å². The average molecular weight is 252 g/mol. The first-order valence-electron chi connectivity index (χ1n) is 6.02. The molecule has 96 valence electrons. The lowest BCUT2D eigenvalue weighted by Crippen LogP contribution is -2.03. The van der Waals surface area contributed by atoms with Crippen LogP contribution >= 0.6 is 0 Å². The molecular weight excluding hydrogens is 236 g/mol. The highest BCUT2D eigenvalue weighted by Crippen LogP contribution is 2.16. The summed E-state index contributed by atoms with van der Waals surface area (Å²) in [5.41, 5.74) is 0.940. The minimum absolute atomic E-state index is 0.564. The average Bonchev–Trinajstić information content (AvgIpc) is 2.46. The number of hydrogen-bond donors (Lipinski definition) is 0. The Balaban J connectivity index is 2.51. The van der Waals surface area contributed by atoms with E-state index < -0.39 is 0 Å². The Labute approximate surface area is 113 Å². The Morgan fingerprint density at radius 3 is 2.58 bits per heavy atom. The summed E-state index contributed by atoms with van der Waals surface area (Å²) in [6.07, 6.45) is 1.48. The number of fused-ring (bicyclic) bond motifs is 1. The van der Waals surface area contributed by atoms with Gasteiger partial charge in [-0.1, -0.05) is 43.0 Å². The molecule has 0 heterocycles. The molecule has 3 nitrogen and oxygen atoms in total. The molecule has 2 rings (SSSR count). The molecule has 0 radical (unpaired) electrons.